The molecule has 0 atom stereocenters. The topological polar surface area (TPSA) is 61.8 Å². The Hall–Kier alpha value is -1.78. The van der Waals surface area contributed by atoms with Gasteiger partial charge in [-0.25, -0.2) is 9.59 Å². The number of esters is 2. The number of allylic oxidation sites excluding steroid dienone is 1. The van der Waals surface area contributed by atoms with Crippen molar-refractivity contribution in [2.75, 3.05) is 20.3 Å². The first-order valence-corrected chi connectivity index (χ1v) is 4.69. The molecule has 0 bridgehead atoms. The van der Waals surface area contributed by atoms with Crippen LogP contribution in [-0.2, 0) is 23.8 Å². The van der Waals surface area contributed by atoms with Crippen molar-refractivity contribution in [3.8, 4) is 0 Å². The van der Waals surface area contributed by atoms with E-state index in [4.69, 9.17) is 14.2 Å². The molecule has 0 N–H and O–H groups in total. The molecule has 0 spiro atoms. The summed E-state index contributed by atoms with van der Waals surface area (Å²) in [7, 11) is 1.45. The van der Waals surface area contributed by atoms with Crippen LogP contribution >= 0.6 is 0 Å². The minimum Gasteiger partial charge on any atom is -0.501 e. The molecule has 5 heteroatoms. The van der Waals surface area contributed by atoms with Crippen molar-refractivity contribution >= 4 is 11.9 Å². The molecule has 0 unspecified atom stereocenters. The van der Waals surface area contributed by atoms with Gasteiger partial charge in [-0.3, -0.25) is 0 Å². The molecule has 0 radical (unpaired) electrons. The summed E-state index contributed by atoms with van der Waals surface area (Å²) >= 11 is 0. The number of carbonyl (C=O) groups is 2. The van der Waals surface area contributed by atoms with E-state index in [-0.39, 0.29) is 13.2 Å². The highest BCUT2D eigenvalue weighted by Crippen LogP contribution is 1.95. The lowest BCUT2D eigenvalue weighted by atomic mass is 10.4. The van der Waals surface area contributed by atoms with E-state index < -0.39 is 11.9 Å². The Kier molecular flexibility index (Phi) is 6.67. The predicted molar refractivity (Wildman–Crippen MR) is 57.5 cm³/mol. The SMILES string of the molecule is C=C(C)C(=O)OCCOC(=O)C=C(C)OC. The molecule has 5 nitrogen and oxygen atoms in total. The fourth-order valence-electron chi connectivity index (χ4n) is 0.666. The van der Waals surface area contributed by atoms with Crippen molar-refractivity contribution in [1.82, 2.24) is 0 Å². The van der Waals surface area contributed by atoms with Crippen molar-refractivity contribution in [1.29, 1.82) is 0 Å². The fraction of sp³-hybridized carbons (Fsp3) is 0.455. The minimum atomic E-state index is -0.536. The zero-order valence-electron chi connectivity index (χ0n) is 9.74. The van der Waals surface area contributed by atoms with Crippen molar-refractivity contribution in [2.24, 2.45) is 0 Å². The molecule has 0 rings (SSSR count). The number of rotatable bonds is 6. The van der Waals surface area contributed by atoms with Crippen LogP contribution < -0.4 is 0 Å². The second-order valence-electron chi connectivity index (χ2n) is 3.04. The third kappa shape index (κ3) is 6.64. The molecule has 0 aromatic rings. The minimum absolute atomic E-state index is 0.00531. The molecule has 0 aromatic carbocycles. The summed E-state index contributed by atoms with van der Waals surface area (Å²) in [5, 5.41) is 0. The van der Waals surface area contributed by atoms with E-state index in [1.165, 1.54) is 13.2 Å². The summed E-state index contributed by atoms with van der Waals surface area (Å²) < 4.78 is 14.2. The van der Waals surface area contributed by atoms with Crippen molar-refractivity contribution in [2.45, 2.75) is 13.8 Å². The average molecular weight is 228 g/mol. The van der Waals surface area contributed by atoms with Crippen LogP contribution in [0.2, 0.25) is 0 Å². The summed E-state index contributed by atoms with van der Waals surface area (Å²) in [6.07, 6.45) is 1.21. The fourth-order valence-corrected chi connectivity index (χ4v) is 0.666. The van der Waals surface area contributed by atoms with Crippen LogP contribution in [-0.4, -0.2) is 32.3 Å². The lowest BCUT2D eigenvalue weighted by Gasteiger charge is -2.04. The normalized spacial score (nSPS) is 10.6. The molecular weight excluding hydrogens is 212 g/mol. The maximum atomic E-state index is 11.1. The van der Waals surface area contributed by atoms with Gasteiger partial charge in [0.2, 0.25) is 0 Å². The van der Waals surface area contributed by atoms with Crippen molar-refractivity contribution < 1.29 is 23.8 Å². The van der Waals surface area contributed by atoms with Crippen molar-refractivity contribution in [3.05, 3.63) is 24.0 Å². The standard InChI is InChI=1S/C11H16O5/c1-8(2)11(13)16-6-5-15-10(12)7-9(3)14-4/h7H,1,5-6H2,2-4H3. The van der Waals surface area contributed by atoms with Crippen LogP contribution in [0.4, 0.5) is 0 Å². The van der Waals surface area contributed by atoms with Crippen LogP contribution in [0.15, 0.2) is 24.0 Å². The number of methoxy groups -OCH3 is 1. The van der Waals surface area contributed by atoms with Gasteiger partial charge in [0.25, 0.3) is 0 Å². The first-order valence-electron chi connectivity index (χ1n) is 4.69. The van der Waals surface area contributed by atoms with E-state index in [2.05, 4.69) is 6.58 Å². The summed E-state index contributed by atoms with van der Waals surface area (Å²) in [5.41, 5.74) is 0.307. The molecule has 0 saturated carbocycles. The second kappa shape index (κ2) is 7.50. The number of carbonyl (C=O) groups excluding carboxylic acids is 2. The number of ether oxygens (including phenoxy) is 3. The molecule has 0 aliphatic rings. The Balaban J connectivity index is 3.72. The smallest absolute Gasteiger partial charge is 0.334 e. The molecule has 0 saturated heterocycles. The quantitative estimate of drug-likeness (QED) is 0.296. The van der Waals surface area contributed by atoms with Crippen LogP contribution in [0.5, 0.6) is 0 Å². The Morgan fingerprint density at radius 2 is 1.75 bits per heavy atom. The van der Waals surface area contributed by atoms with Gasteiger partial charge in [-0.15, -0.1) is 0 Å². The molecule has 0 heterocycles. The first-order chi connectivity index (χ1) is 7.47. The summed E-state index contributed by atoms with van der Waals surface area (Å²) in [6, 6.07) is 0. The van der Waals surface area contributed by atoms with E-state index >= 15 is 0 Å². The lowest BCUT2D eigenvalue weighted by Crippen LogP contribution is -2.13. The Bertz CT molecular complexity index is 303. The molecule has 0 amide bonds. The molecule has 0 aliphatic carbocycles. The number of hydrogen-bond acceptors (Lipinski definition) is 5. The Labute approximate surface area is 94.7 Å². The maximum Gasteiger partial charge on any atom is 0.334 e. The van der Waals surface area contributed by atoms with Gasteiger partial charge in [0, 0.05) is 5.57 Å². The third-order valence-electron chi connectivity index (χ3n) is 1.55. The van der Waals surface area contributed by atoms with Crippen molar-refractivity contribution in [3.63, 3.8) is 0 Å². The highest BCUT2D eigenvalue weighted by atomic mass is 16.6. The van der Waals surface area contributed by atoms with E-state index in [1.54, 1.807) is 13.8 Å². The number of hydrogen-bond donors (Lipinski definition) is 0. The zero-order chi connectivity index (χ0) is 12.6. The summed E-state index contributed by atoms with van der Waals surface area (Å²) in [6.45, 7) is 6.60. The van der Waals surface area contributed by atoms with Gasteiger partial charge in [-0.05, 0) is 13.8 Å². The molecular formula is C11H16O5. The average Bonchev–Trinajstić information content (AvgIpc) is 2.23. The Morgan fingerprint density at radius 1 is 1.19 bits per heavy atom. The molecule has 16 heavy (non-hydrogen) atoms. The summed E-state index contributed by atoms with van der Waals surface area (Å²) in [4.78, 5) is 22.0. The van der Waals surface area contributed by atoms with E-state index in [9.17, 15) is 9.59 Å². The summed E-state index contributed by atoms with van der Waals surface area (Å²) in [5.74, 6) is -0.589. The van der Waals surface area contributed by atoms with Crippen LogP contribution in [0.3, 0.4) is 0 Å². The van der Waals surface area contributed by atoms with Gasteiger partial charge in [0.15, 0.2) is 0 Å². The van der Waals surface area contributed by atoms with Crippen LogP contribution in [0.1, 0.15) is 13.8 Å². The van der Waals surface area contributed by atoms with E-state index in [0.29, 0.717) is 11.3 Å². The lowest BCUT2D eigenvalue weighted by molar-refractivity contribution is -0.146. The third-order valence-corrected chi connectivity index (χ3v) is 1.55. The maximum absolute atomic E-state index is 11.1. The second-order valence-corrected chi connectivity index (χ2v) is 3.04. The highest BCUT2D eigenvalue weighted by Gasteiger charge is 2.04. The van der Waals surface area contributed by atoms with E-state index in [0.717, 1.165) is 0 Å². The van der Waals surface area contributed by atoms with Crippen LogP contribution in [0, 0.1) is 0 Å². The molecule has 0 aromatic heterocycles. The van der Waals surface area contributed by atoms with Gasteiger partial charge in [0.05, 0.1) is 18.9 Å². The zero-order valence-corrected chi connectivity index (χ0v) is 9.74. The molecule has 90 valence electrons. The van der Waals surface area contributed by atoms with Gasteiger partial charge in [-0.1, -0.05) is 6.58 Å². The van der Waals surface area contributed by atoms with Gasteiger partial charge in [-0.2, -0.15) is 0 Å². The predicted octanol–water partition coefficient (Wildman–Crippen LogP) is 1.20. The van der Waals surface area contributed by atoms with Gasteiger partial charge >= 0.3 is 11.9 Å². The molecule has 0 aliphatic heterocycles. The first kappa shape index (κ1) is 14.2. The van der Waals surface area contributed by atoms with Crippen LogP contribution in [0.25, 0.3) is 0 Å². The Morgan fingerprint density at radius 3 is 2.25 bits per heavy atom. The molecule has 0 fully saturated rings. The van der Waals surface area contributed by atoms with Gasteiger partial charge in [0.1, 0.15) is 13.2 Å². The van der Waals surface area contributed by atoms with E-state index in [1.807, 2.05) is 0 Å². The largest absolute Gasteiger partial charge is 0.501 e. The monoisotopic (exact) mass is 228 g/mol. The van der Waals surface area contributed by atoms with Gasteiger partial charge < -0.3 is 14.2 Å². The highest BCUT2D eigenvalue weighted by molar-refractivity contribution is 5.87.